The van der Waals surface area contributed by atoms with Crippen LogP contribution in [-0.2, 0) is 9.53 Å². The van der Waals surface area contributed by atoms with E-state index in [0.29, 0.717) is 17.3 Å². The van der Waals surface area contributed by atoms with Crippen LogP contribution >= 0.6 is 0 Å². The molecule has 120 valence electrons. The summed E-state index contributed by atoms with van der Waals surface area (Å²) in [6, 6.07) is 7.40. The van der Waals surface area contributed by atoms with E-state index < -0.39 is 5.97 Å². The number of hydrogen-bond acceptors (Lipinski definition) is 4. The van der Waals surface area contributed by atoms with Crippen molar-refractivity contribution in [2.45, 2.75) is 38.1 Å². The molecule has 1 aromatic carbocycles. The van der Waals surface area contributed by atoms with Crippen LogP contribution in [0.25, 0.3) is 0 Å². The van der Waals surface area contributed by atoms with Crippen molar-refractivity contribution in [3.63, 3.8) is 0 Å². The van der Waals surface area contributed by atoms with Crippen molar-refractivity contribution in [3.05, 3.63) is 29.8 Å². The molecule has 0 saturated heterocycles. The van der Waals surface area contributed by atoms with E-state index >= 15 is 0 Å². The van der Waals surface area contributed by atoms with Gasteiger partial charge in [-0.15, -0.1) is 0 Å². The third-order valence-electron chi connectivity index (χ3n) is 4.28. The number of para-hydroxylation sites is 1. The molecule has 1 aliphatic rings. The number of methoxy groups -OCH3 is 1. The van der Waals surface area contributed by atoms with Gasteiger partial charge in [-0.2, -0.15) is 0 Å². The summed E-state index contributed by atoms with van der Waals surface area (Å²) in [4.78, 5) is 25.9. The Morgan fingerprint density at radius 2 is 1.91 bits per heavy atom. The lowest BCUT2D eigenvalue weighted by atomic mass is 9.94. The first-order valence-corrected chi connectivity index (χ1v) is 7.80. The number of carbonyl (C=O) groups excluding carboxylic acids is 2. The smallest absolute Gasteiger partial charge is 0.339 e. The summed E-state index contributed by atoms with van der Waals surface area (Å²) in [6.07, 6.45) is 5.83. The predicted octanol–water partition coefficient (Wildman–Crippen LogP) is 2.68. The Labute approximate surface area is 131 Å². The summed E-state index contributed by atoms with van der Waals surface area (Å²) < 4.78 is 4.75. The third kappa shape index (κ3) is 4.00. The quantitative estimate of drug-likeness (QED) is 0.850. The van der Waals surface area contributed by atoms with Crippen molar-refractivity contribution in [1.29, 1.82) is 0 Å². The fraction of sp³-hybridized carbons (Fsp3) is 0.529. The van der Waals surface area contributed by atoms with Crippen LogP contribution in [-0.4, -0.2) is 43.5 Å². The first-order chi connectivity index (χ1) is 10.6. The average Bonchev–Trinajstić information content (AvgIpc) is 2.59. The minimum absolute atomic E-state index is 0.0477. The van der Waals surface area contributed by atoms with E-state index in [2.05, 4.69) is 5.32 Å². The number of nitrogens with zero attached hydrogens (tertiary/aromatic N) is 1. The second-order valence-electron chi connectivity index (χ2n) is 5.69. The highest BCUT2D eigenvalue weighted by Gasteiger charge is 2.22. The minimum Gasteiger partial charge on any atom is -0.465 e. The molecule has 2 rings (SSSR count). The molecular formula is C17H24N2O3. The lowest BCUT2D eigenvalue weighted by molar-refractivity contribution is -0.130. The van der Waals surface area contributed by atoms with Gasteiger partial charge in [0.25, 0.3) is 0 Å². The SMILES string of the molecule is COC(=O)c1ccccc1NCC(=O)N(C)C1CCCCC1. The van der Waals surface area contributed by atoms with Gasteiger partial charge < -0.3 is 15.0 Å². The molecule has 0 aromatic heterocycles. The number of amides is 1. The van der Waals surface area contributed by atoms with E-state index in [1.54, 1.807) is 18.2 Å². The van der Waals surface area contributed by atoms with Gasteiger partial charge in [-0.3, -0.25) is 4.79 Å². The number of rotatable bonds is 5. The van der Waals surface area contributed by atoms with Crippen molar-refractivity contribution in [2.75, 3.05) is 26.0 Å². The topological polar surface area (TPSA) is 58.6 Å². The highest BCUT2D eigenvalue weighted by atomic mass is 16.5. The molecule has 0 bridgehead atoms. The molecule has 1 amide bonds. The Hall–Kier alpha value is -2.04. The second kappa shape index (κ2) is 7.82. The molecule has 5 heteroatoms. The molecule has 0 radical (unpaired) electrons. The third-order valence-corrected chi connectivity index (χ3v) is 4.28. The van der Waals surface area contributed by atoms with Crippen molar-refractivity contribution < 1.29 is 14.3 Å². The van der Waals surface area contributed by atoms with Crippen LogP contribution in [0.1, 0.15) is 42.5 Å². The second-order valence-corrected chi connectivity index (χ2v) is 5.69. The van der Waals surface area contributed by atoms with Crippen LogP contribution in [0.4, 0.5) is 5.69 Å². The highest BCUT2D eigenvalue weighted by molar-refractivity contribution is 5.96. The van der Waals surface area contributed by atoms with Gasteiger partial charge >= 0.3 is 5.97 Å². The number of benzene rings is 1. The number of ether oxygens (including phenoxy) is 1. The molecule has 1 saturated carbocycles. The van der Waals surface area contributed by atoms with Crippen LogP contribution in [0.3, 0.4) is 0 Å². The number of anilines is 1. The van der Waals surface area contributed by atoms with Gasteiger partial charge in [0.2, 0.25) is 5.91 Å². The van der Waals surface area contributed by atoms with E-state index in [1.807, 2.05) is 18.0 Å². The largest absolute Gasteiger partial charge is 0.465 e. The number of likely N-dealkylation sites (N-methyl/N-ethyl adjacent to an activating group) is 1. The molecule has 1 fully saturated rings. The Balaban J connectivity index is 1.94. The van der Waals surface area contributed by atoms with E-state index in [1.165, 1.54) is 26.4 Å². The van der Waals surface area contributed by atoms with Gasteiger partial charge in [0, 0.05) is 18.8 Å². The van der Waals surface area contributed by atoms with Gasteiger partial charge in [0.05, 0.1) is 19.2 Å². The lowest BCUT2D eigenvalue weighted by Crippen LogP contribution is -2.41. The normalized spacial score (nSPS) is 15.2. The summed E-state index contributed by atoms with van der Waals surface area (Å²) in [7, 11) is 3.22. The first kappa shape index (κ1) is 16.3. The summed E-state index contributed by atoms with van der Waals surface area (Å²) in [6.45, 7) is 0.182. The van der Waals surface area contributed by atoms with Crippen LogP contribution in [0, 0.1) is 0 Å². The van der Waals surface area contributed by atoms with Crippen LogP contribution in [0.15, 0.2) is 24.3 Å². The Morgan fingerprint density at radius 1 is 1.23 bits per heavy atom. The van der Waals surface area contributed by atoms with Crippen LogP contribution in [0.2, 0.25) is 0 Å². The molecule has 1 N–H and O–H groups in total. The predicted molar refractivity (Wildman–Crippen MR) is 85.9 cm³/mol. The van der Waals surface area contributed by atoms with Crippen molar-refractivity contribution in [2.24, 2.45) is 0 Å². The first-order valence-electron chi connectivity index (χ1n) is 7.80. The van der Waals surface area contributed by atoms with Gasteiger partial charge in [-0.1, -0.05) is 31.4 Å². The zero-order chi connectivity index (χ0) is 15.9. The number of hydrogen-bond donors (Lipinski definition) is 1. The average molecular weight is 304 g/mol. The summed E-state index contributed by atoms with van der Waals surface area (Å²) in [5.41, 5.74) is 1.07. The fourth-order valence-corrected chi connectivity index (χ4v) is 2.89. The molecule has 22 heavy (non-hydrogen) atoms. The summed E-state index contributed by atoms with van der Waals surface area (Å²) >= 11 is 0. The van der Waals surface area contributed by atoms with E-state index in [4.69, 9.17) is 4.74 Å². The molecule has 5 nitrogen and oxygen atoms in total. The Bertz CT molecular complexity index is 524. The van der Waals surface area contributed by atoms with Gasteiger partial charge in [0.15, 0.2) is 0 Å². The maximum atomic E-state index is 12.3. The zero-order valence-corrected chi connectivity index (χ0v) is 13.3. The van der Waals surface area contributed by atoms with Crippen LogP contribution in [0.5, 0.6) is 0 Å². The molecule has 0 heterocycles. The van der Waals surface area contributed by atoms with E-state index in [-0.39, 0.29) is 12.5 Å². The van der Waals surface area contributed by atoms with Crippen LogP contribution < -0.4 is 5.32 Å². The molecule has 0 spiro atoms. The zero-order valence-electron chi connectivity index (χ0n) is 13.3. The monoisotopic (exact) mass is 304 g/mol. The minimum atomic E-state index is -0.406. The molecule has 1 aliphatic carbocycles. The maximum absolute atomic E-state index is 12.3. The van der Waals surface area contributed by atoms with E-state index in [0.717, 1.165) is 12.8 Å². The van der Waals surface area contributed by atoms with Crippen molar-refractivity contribution in [1.82, 2.24) is 4.90 Å². The maximum Gasteiger partial charge on any atom is 0.339 e. The van der Waals surface area contributed by atoms with Gasteiger partial charge in [-0.25, -0.2) is 4.79 Å². The van der Waals surface area contributed by atoms with Gasteiger partial charge in [0.1, 0.15) is 0 Å². The molecule has 0 unspecified atom stereocenters. The van der Waals surface area contributed by atoms with Crippen molar-refractivity contribution >= 4 is 17.6 Å². The lowest BCUT2D eigenvalue weighted by Gasteiger charge is -2.31. The Morgan fingerprint density at radius 3 is 2.59 bits per heavy atom. The number of carbonyl (C=O) groups is 2. The summed E-state index contributed by atoms with van der Waals surface area (Å²) in [5, 5.41) is 3.06. The van der Waals surface area contributed by atoms with E-state index in [9.17, 15) is 9.59 Å². The fourth-order valence-electron chi connectivity index (χ4n) is 2.89. The highest BCUT2D eigenvalue weighted by Crippen LogP contribution is 2.22. The van der Waals surface area contributed by atoms with Gasteiger partial charge in [-0.05, 0) is 25.0 Å². The molecule has 1 aromatic rings. The summed E-state index contributed by atoms with van der Waals surface area (Å²) in [5.74, 6) is -0.359. The number of esters is 1. The molecular weight excluding hydrogens is 280 g/mol. The number of nitrogens with one attached hydrogen (secondary N) is 1. The Kier molecular flexibility index (Phi) is 5.81. The van der Waals surface area contributed by atoms with Crippen molar-refractivity contribution in [3.8, 4) is 0 Å². The molecule has 0 atom stereocenters. The standard InChI is InChI=1S/C17H24N2O3/c1-19(13-8-4-3-5-9-13)16(20)12-18-15-11-7-6-10-14(15)17(21)22-2/h6-7,10-11,13,18H,3-5,8-9,12H2,1-2H3. The molecule has 0 aliphatic heterocycles.